The molecule has 0 spiro atoms. The van der Waals surface area contributed by atoms with Crippen molar-refractivity contribution in [2.75, 3.05) is 12.3 Å². The zero-order valence-electron chi connectivity index (χ0n) is 11.8. The monoisotopic (exact) mass is 292 g/mol. The van der Waals surface area contributed by atoms with Gasteiger partial charge in [0, 0.05) is 16.6 Å². The van der Waals surface area contributed by atoms with Gasteiger partial charge in [0.15, 0.2) is 0 Å². The van der Waals surface area contributed by atoms with Crippen molar-refractivity contribution in [3.63, 3.8) is 0 Å². The second-order valence-electron chi connectivity index (χ2n) is 5.04. The third-order valence-corrected chi connectivity index (χ3v) is 4.60. The molecule has 1 amide bonds. The maximum absolute atomic E-state index is 12.1. The maximum atomic E-state index is 12.1. The third kappa shape index (κ3) is 3.11. The Kier molecular flexibility index (Phi) is 4.62. The van der Waals surface area contributed by atoms with Crippen LogP contribution in [0.1, 0.15) is 35.0 Å². The van der Waals surface area contributed by atoms with Crippen LogP contribution in [0.15, 0.2) is 18.2 Å². The van der Waals surface area contributed by atoms with Gasteiger partial charge in [0.05, 0.1) is 11.8 Å². The topological polar surface area (TPSA) is 75.4 Å². The number of nitrogen functional groups attached to an aromatic ring is 1. The number of rotatable bonds is 5. The fraction of sp³-hybridized carbons (Fsp3) is 0.400. The van der Waals surface area contributed by atoms with E-state index < -0.39 is 0 Å². The van der Waals surface area contributed by atoms with Gasteiger partial charge in [0.2, 0.25) is 0 Å². The van der Waals surface area contributed by atoms with Crippen molar-refractivity contribution >= 4 is 33.0 Å². The first-order chi connectivity index (χ1) is 9.50. The summed E-state index contributed by atoms with van der Waals surface area (Å²) in [6, 6.07) is 5.91. The SMILES string of the molecule is Cc1cccc2c(N)c(C(=O)NCCCC(C)O)sc12. The Morgan fingerprint density at radius 3 is 2.90 bits per heavy atom. The number of carbonyl (C=O) groups is 1. The Morgan fingerprint density at radius 2 is 2.25 bits per heavy atom. The standard InChI is InChI=1S/C15H20N2O2S/c1-9-5-3-7-11-12(16)14(20-13(9)11)15(19)17-8-4-6-10(2)18/h3,5,7,10,18H,4,6,8,16H2,1-2H3,(H,17,19). The van der Waals surface area contributed by atoms with Crippen LogP contribution in [-0.2, 0) is 0 Å². The summed E-state index contributed by atoms with van der Waals surface area (Å²) < 4.78 is 1.07. The molecule has 0 saturated carbocycles. The van der Waals surface area contributed by atoms with Crippen molar-refractivity contribution in [1.29, 1.82) is 0 Å². The van der Waals surface area contributed by atoms with Crippen LogP contribution >= 0.6 is 11.3 Å². The maximum Gasteiger partial charge on any atom is 0.263 e. The van der Waals surface area contributed by atoms with E-state index in [1.54, 1.807) is 6.92 Å². The molecule has 0 aliphatic heterocycles. The molecule has 108 valence electrons. The number of nitrogens with two attached hydrogens (primary N) is 1. The summed E-state index contributed by atoms with van der Waals surface area (Å²) in [5, 5.41) is 13.0. The zero-order valence-corrected chi connectivity index (χ0v) is 12.6. The highest BCUT2D eigenvalue weighted by Crippen LogP contribution is 2.35. The number of amides is 1. The normalized spacial score (nSPS) is 12.6. The lowest BCUT2D eigenvalue weighted by Crippen LogP contribution is -2.24. The van der Waals surface area contributed by atoms with Gasteiger partial charge < -0.3 is 16.2 Å². The van der Waals surface area contributed by atoms with Gasteiger partial charge in [-0.25, -0.2) is 0 Å². The van der Waals surface area contributed by atoms with Crippen LogP contribution in [0.5, 0.6) is 0 Å². The van der Waals surface area contributed by atoms with E-state index in [1.807, 2.05) is 25.1 Å². The number of anilines is 1. The van der Waals surface area contributed by atoms with Crippen molar-refractivity contribution in [2.45, 2.75) is 32.8 Å². The van der Waals surface area contributed by atoms with Crippen molar-refractivity contribution in [3.8, 4) is 0 Å². The summed E-state index contributed by atoms with van der Waals surface area (Å²) in [6.45, 7) is 4.31. The highest BCUT2D eigenvalue weighted by Gasteiger charge is 2.16. The van der Waals surface area contributed by atoms with Crippen molar-refractivity contribution < 1.29 is 9.90 Å². The molecular formula is C15H20N2O2S. The summed E-state index contributed by atoms with van der Waals surface area (Å²) in [6.07, 6.45) is 1.11. The van der Waals surface area contributed by atoms with Gasteiger partial charge in [-0.15, -0.1) is 11.3 Å². The Balaban J connectivity index is 2.11. The van der Waals surface area contributed by atoms with Gasteiger partial charge in [-0.05, 0) is 32.3 Å². The Bertz CT molecular complexity index is 620. The van der Waals surface area contributed by atoms with Crippen LogP contribution in [0.25, 0.3) is 10.1 Å². The first-order valence-electron chi connectivity index (χ1n) is 6.74. The minimum atomic E-state index is -0.330. The molecule has 0 radical (unpaired) electrons. The fourth-order valence-corrected chi connectivity index (χ4v) is 3.23. The smallest absolute Gasteiger partial charge is 0.263 e. The van der Waals surface area contributed by atoms with Crippen LogP contribution in [0.2, 0.25) is 0 Å². The van der Waals surface area contributed by atoms with Crippen molar-refractivity contribution in [1.82, 2.24) is 5.32 Å². The molecular weight excluding hydrogens is 272 g/mol. The molecule has 1 heterocycles. The minimum Gasteiger partial charge on any atom is -0.397 e. The highest BCUT2D eigenvalue weighted by atomic mass is 32.1. The number of hydrogen-bond acceptors (Lipinski definition) is 4. The van der Waals surface area contributed by atoms with Gasteiger partial charge in [-0.1, -0.05) is 18.2 Å². The number of aliphatic hydroxyl groups excluding tert-OH is 1. The number of hydrogen-bond donors (Lipinski definition) is 3. The number of aryl methyl sites for hydroxylation is 1. The molecule has 20 heavy (non-hydrogen) atoms. The van der Waals surface area contributed by atoms with Gasteiger partial charge >= 0.3 is 0 Å². The second-order valence-corrected chi connectivity index (χ2v) is 6.06. The highest BCUT2D eigenvalue weighted by molar-refractivity contribution is 7.21. The van der Waals surface area contributed by atoms with Crippen LogP contribution in [0.4, 0.5) is 5.69 Å². The molecule has 1 atom stereocenters. The lowest BCUT2D eigenvalue weighted by molar-refractivity contribution is 0.0954. The first kappa shape index (κ1) is 14.8. The van der Waals surface area contributed by atoms with Gasteiger partial charge in [-0.2, -0.15) is 0 Å². The number of benzene rings is 1. The van der Waals surface area contributed by atoms with Gasteiger partial charge in [0.25, 0.3) is 5.91 Å². The molecule has 5 heteroatoms. The van der Waals surface area contributed by atoms with E-state index in [0.717, 1.165) is 22.1 Å². The van der Waals surface area contributed by atoms with E-state index in [4.69, 9.17) is 5.73 Å². The summed E-state index contributed by atoms with van der Waals surface area (Å²) in [4.78, 5) is 12.7. The molecule has 0 bridgehead atoms. The average molecular weight is 292 g/mol. The number of thiophene rings is 1. The Labute approximate surface area is 122 Å². The van der Waals surface area contributed by atoms with E-state index in [0.29, 0.717) is 23.5 Å². The molecule has 1 aromatic carbocycles. The molecule has 0 saturated heterocycles. The molecule has 0 aliphatic carbocycles. The predicted octanol–water partition coefficient (Wildman–Crippen LogP) is 2.68. The molecule has 1 aromatic heterocycles. The molecule has 2 rings (SSSR count). The van der Waals surface area contributed by atoms with Crippen molar-refractivity contribution in [2.24, 2.45) is 0 Å². The fourth-order valence-electron chi connectivity index (χ4n) is 2.13. The lowest BCUT2D eigenvalue weighted by Gasteiger charge is -2.05. The first-order valence-corrected chi connectivity index (χ1v) is 7.56. The zero-order chi connectivity index (χ0) is 14.7. The van der Waals surface area contributed by atoms with Crippen LogP contribution in [-0.4, -0.2) is 23.7 Å². The van der Waals surface area contributed by atoms with E-state index in [-0.39, 0.29) is 12.0 Å². The second kappa shape index (κ2) is 6.24. The molecule has 0 fully saturated rings. The van der Waals surface area contributed by atoms with Crippen LogP contribution < -0.4 is 11.1 Å². The van der Waals surface area contributed by atoms with Gasteiger partial charge in [-0.3, -0.25) is 4.79 Å². The Morgan fingerprint density at radius 1 is 1.50 bits per heavy atom. The summed E-state index contributed by atoms with van der Waals surface area (Å²) in [7, 11) is 0. The van der Waals surface area contributed by atoms with Crippen molar-refractivity contribution in [3.05, 3.63) is 28.6 Å². The quantitative estimate of drug-likeness (QED) is 0.742. The molecule has 2 aromatic rings. The molecule has 0 aliphatic rings. The number of fused-ring (bicyclic) bond motifs is 1. The van der Waals surface area contributed by atoms with Crippen LogP contribution in [0, 0.1) is 6.92 Å². The number of aliphatic hydroxyl groups is 1. The van der Waals surface area contributed by atoms with E-state index in [1.165, 1.54) is 11.3 Å². The largest absolute Gasteiger partial charge is 0.397 e. The summed E-state index contributed by atoms with van der Waals surface area (Å²) >= 11 is 1.44. The Hall–Kier alpha value is -1.59. The van der Waals surface area contributed by atoms with E-state index in [2.05, 4.69) is 5.32 Å². The lowest BCUT2D eigenvalue weighted by atomic mass is 10.1. The average Bonchev–Trinajstić information content (AvgIpc) is 2.74. The van der Waals surface area contributed by atoms with Gasteiger partial charge in [0.1, 0.15) is 4.88 Å². The van der Waals surface area contributed by atoms with Crippen LogP contribution in [0.3, 0.4) is 0 Å². The molecule has 1 unspecified atom stereocenters. The van der Waals surface area contributed by atoms with E-state index in [9.17, 15) is 9.90 Å². The van der Waals surface area contributed by atoms with E-state index >= 15 is 0 Å². The molecule has 4 N–H and O–H groups in total. The number of carbonyl (C=O) groups excluding carboxylic acids is 1. The summed E-state index contributed by atoms with van der Waals surface area (Å²) in [5.41, 5.74) is 7.76. The number of nitrogens with one attached hydrogen (secondary N) is 1. The molecule has 4 nitrogen and oxygen atoms in total. The minimum absolute atomic E-state index is 0.131. The summed E-state index contributed by atoms with van der Waals surface area (Å²) in [5.74, 6) is -0.131. The third-order valence-electron chi connectivity index (χ3n) is 3.24. The predicted molar refractivity (Wildman–Crippen MR) is 84.2 cm³/mol.